The molecule has 0 radical (unpaired) electrons. The summed E-state index contributed by atoms with van der Waals surface area (Å²) in [7, 11) is 0. The van der Waals surface area contributed by atoms with Gasteiger partial charge in [0.05, 0.1) is 17.0 Å². The highest BCUT2D eigenvalue weighted by molar-refractivity contribution is 7.99. The van der Waals surface area contributed by atoms with Crippen molar-refractivity contribution in [1.29, 1.82) is 0 Å². The molecule has 7 heteroatoms. The molecule has 0 amide bonds. The first-order valence-electron chi connectivity index (χ1n) is 8.73. The molecule has 0 saturated carbocycles. The Morgan fingerprint density at radius 3 is 2.81 bits per heavy atom. The average molecular weight is 408 g/mol. The van der Waals surface area contributed by atoms with E-state index >= 15 is 0 Å². The first-order chi connectivity index (χ1) is 13.0. The molecule has 2 atom stereocenters. The van der Waals surface area contributed by atoms with Crippen molar-refractivity contribution >= 4 is 29.3 Å². The third-order valence-electron chi connectivity index (χ3n) is 4.18. The van der Waals surface area contributed by atoms with E-state index in [0.29, 0.717) is 35.5 Å². The number of carboxylic acid groups (broad SMARTS) is 1. The third kappa shape index (κ3) is 4.89. The zero-order valence-corrected chi connectivity index (χ0v) is 16.8. The van der Waals surface area contributed by atoms with E-state index in [1.165, 1.54) is 17.3 Å². The molecule has 27 heavy (non-hydrogen) atoms. The van der Waals surface area contributed by atoms with E-state index in [1.807, 2.05) is 44.2 Å². The Morgan fingerprint density at radius 1 is 1.33 bits per heavy atom. The summed E-state index contributed by atoms with van der Waals surface area (Å²) in [6.45, 7) is 4.80. The Kier molecular flexibility index (Phi) is 6.52. The molecular formula is C20H22ClNO4S. The lowest BCUT2D eigenvalue weighted by Crippen LogP contribution is -2.33. The normalized spacial score (nSPS) is 19.1. The summed E-state index contributed by atoms with van der Waals surface area (Å²) >= 11 is 8.02. The van der Waals surface area contributed by atoms with Crippen molar-refractivity contribution in [2.45, 2.75) is 31.9 Å². The zero-order valence-electron chi connectivity index (χ0n) is 15.2. The molecule has 1 saturated heterocycles. The second-order valence-corrected chi connectivity index (χ2v) is 7.86. The van der Waals surface area contributed by atoms with Gasteiger partial charge in [-0.05, 0) is 37.1 Å². The first-order valence-corrected chi connectivity index (χ1v) is 10.2. The van der Waals surface area contributed by atoms with E-state index < -0.39 is 12.0 Å². The van der Waals surface area contributed by atoms with Gasteiger partial charge in [-0.1, -0.05) is 41.4 Å². The molecule has 2 N–H and O–H groups in total. The minimum atomic E-state index is -0.848. The summed E-state index contributed by atoms with van der Waals surface area (Å²) in [6.07, 6.45) is 0. The van der Waals surface area contributed by atoms with Crippen LogP contribution in [0.5, 0.6) is 11.5 Å². The molecule has 2 aromatic carbocycles. The largest absolute Gasteiger partial charge is 0.490 e. The van der Waals surface area contributed by atoms with Crippen LogP contribution in [0.25, 0.3) is 0 Å². The summed E-state index contributed by atoms with van der Waals surface area (Å²) in [4.78, 5) is 11.2. The minimum Gasteiger partial charge on any atom is -0.490 e. The summed E-state index contributed by atoms with van der Waals surface area (Å²) in [6, 6.07) is 11.2. The summed E-state index contributed by atoms with van der Waals surface area (Å²) < 4.78 is 11.7. The van der Waals surface area contributed by atoms with Crippen molar-refractivity contribution in [2.75, 3.05) is 12.4 Å². The number of aliphatic carboxylic acids is 1. The van der Waals surface area contributed by atoms with Crippen molar-refractivity contribution in [3.05, 3.63) is 58.1 Å². The number of benzene rings is 2. The number of ether oxygens (including phenoxy) is 2. The quantitative estimate of drug-likeness (QED) is 0.708. The fourth-order valence-corrected chi connectivity index (χ4v) is 4.39. The lowest BCUT2D eigenvalue weighted by molar-refractivity contribution is -0.138. The second-order valence-electron chi connectivity index (χ2n) is 6.31. The number of carboxylic acids is 1. The highest BCUT2D eigenvalue weighted by Crippen LogP contribution is 2.42. The van der Waals surface area contributed by atoms with E-state index in [2.05, 4.69) is 11.4 Å². The number of hydrogen-bond acceptors (Lipinski definition) is 5. The summed E-state index contributed by atoms with van der Waals surface area (Å²) in [5.74, 6) is 0.724. The van der Waals surface area contributed by atoms with Gasteiger partial charge < -0.3 is 14.6 Å². The smallest absolute Gasteiger partial charge is 0.321 e. The van der Waals surface area contributed by atoms with Crippen LogP contribution in [0.4, 0.5) is 0 Å². The van der Waals surface area contributed by atoms with E-state index in [9.17, 15) is 4.79 Å². The number of nitrogens with one attached hydrogen (secondary N) is 1. The van der Waals surface area contributed by atoms with Gasteiger partial charge in [-0.25, -0.2) is 0 Å². The van der Waals surface area contributed by atoms with Crippen molar-refractivity contribution in [2.24, 2.45) is 0 Å². The van der Waals surface area contributed by atoms with Gasteiger partial charge in [-0.2, -0.15) is 0 Å². The van der Waals surface area contributed by atoms with Gasteiger partial charge in [0.15, 0.2) is 11.5 Å². The zero-order chi connectivity index (χ0) is 19.4. The molecule has 1 fully saturated rings. The van der Waals surface area contributed by atoms with E-state index in [4.69, 9.17) is 26.2 Å². The Morgan fingerprint density at radius 2 is 2.15 bits per heavy atom. The van der Waals surface area contributed by atoms with Crippen LogP contribution in [0.15, 0.2) is 36.4 Å². The standard InChI is InChI=1S/C20H22ClNO4S/c1-3-25-17-9-14(19-22-16(11-27-19)20(23)24)8-15(21)18(17)26-10-13-6-4-5-12(2)7-13/h4-9,16,19,22H,3,10-11H2,1-2H3,(H,23,24). The minimum absolute atomic E-state index is 0.145. The molecule has 3 rings (SSSR count). The molecule has 144 valence electrons. The highest BCUT2D eigenvalue weighted by atomic mass is 35.5. The van der Waals surface area contributed by atoms with Gasteiger partial charge in [-0.15, -0.1) is 11.8 Å². The topological polar surface area (TPSA) is 67.8 Å². The summed E-state index contributed by atoms with van der Waals surface area (Å²) in [5, 5.41) is 12.6. The van der Waals surface area contributed by atoms with E-state index in [-0.39, 0.29) is 5.37 Å². The molecule has 0 aliphatic carbocycles. The first kappa shape index (κ1) is 19.9. The molecule has 2 aromatic rings. The van der Waals surface area contributed by atoms with Gasteiger partial charge in [0.1, 0.15) is 12.6 Å². The molecule has 1 aliphatic heterocycles. The van der Waals surface area contributed by atoms with Gasteiger partial charge in [0.25, 0.3) is 0 Å². The lowest BCUT2D eigenvalue weighted by Gasteiger charge is -2.18. The Labute approximate surface area is 168 Å². The maximum absolute atomic E-state index is 11.2. The number of aryl methyl sites for hydroxylation is 1. The monoisotopic (exact) mass is 407 g/mol. The Bertz CT molecular complexity index is 830. The predicted octanol–water partition coefficient (Wildman–Crippen LogP) is 4.41. The van der Waals surface area contributed by atoms with Crippen LogP contribution in [0.3, 0.4) is 0 Å². The molecule has 0 bridgehead atoms. The molecule has 5 nitrogen and oxygen atoms in total. The second kappa shape index (κ2) is 8.87. The number of carbonyl (C=O) groups is 1. The molecule has 0 spiro atoms. The third-order valence-corrected chi connectivity index (χ3v) is 5.73. The fraction of sp³-hybridized carbons (Fsp3) is 0.350. The number of rotatable bonds is 7. The lowest BCUT2D eigenvalue weighted by atomic mass is 10.1. The fourth-order valence-electron chi connectivity index (χ4n) is 2.91. The Balaban J connectivity index is 1.81. The molecule has 0 aromatic heterocycles. The van der Waals surface area contributed by atoms with Crippen molar-refractivity contribution in [1.82, 2.24) is 5.32 Å². The highest BCUT2D eigenvalue weighted by Gasteiger charge is 2.31. The van der Waals surface area contributed by atoms with Crippen molar-refractivity contribution in [3.8, 4) is 11.5 Å². The van der Waals surface area contributed by atoms with Crippen LogP contribution in [0.1, 0.15) is 29.0 Å². The van der Waals surface area contributed by atoms with Crippen LogP contribution in [-0.4, -0.2) is 29.5 Å². The predicted molar refractivity (Wildman–Crippen MR) is 108 cm³/mol. The Hall–Kier alpha value is -1.89. The molecule has 1 aliphatic rings. The van der Waals surface area contributed by atoms with Crippen LogP contribution >= 0.6 is 23.4 Å². The van der Waals surface area contributed by atoms with Crippen LogP contribution < -0.4 is 14.8 Å². The SMILES string of the molecule is CCOc1cc(C2NC(C(=O)O)CS2)cc(Cl)c1OCc1cccc(C)c1. The van der Waals surface area contributed by atoms with Crippen molar-refractivity contribution in [3.63, 3.8) is 0 Å². The number of halogens is 1. The molecule has 2 unspecified atom stereocenters. The number of thioether (sulfide) groups is 1. The van der Waals surface area contributed by atoms with Crippen LogP contribution in [-0.2, 0) is 11.4 Å². The van der Waals surface area contributed by atoms with Crippen LogP contribution in [0, 0.1) is 6.92 Å². The average Bonchev–Trinajstić information content (AvgIpc) is 3.11. The van der Waals surface area contributed by atoms with Gasteiger partial charge in [-0.3, -0.25) is 10.1 Å². The maximum Gasteiger partial charge on any atom is 0.321 e. The van der Waals surface area contributed by atoms with E-state index in [1.54, 1.807) is 0 Å². The molecular weight excluding hydrogens is 386 g/mol. The maximum atomic E-state index is 11.2. The van der Waals surface area contributed by atoms with E-state index in [0.717, 1.165) is 11.1 Å². The number of hydrogen-bond donors (Lipinski definition) is 2. The van der Waals surface area contributed by atoms with Gasteiger partial charge in [0.2, 0.25) is 0 Å². The molecule has 1 heterocycles. The summed E-state index contributed by atoms with van der Waals surface area (Å²) in [5.41, 5.74) is 3.09. The van der Waals surface area contributed by atoms with Crippen molar-refractivity contribution < 1.29 is 19.4 Å². The van der Waals surface area contributed by atoms with Crippen LogP contribution in [0.2, 0.25) is 5.02 Å². The van der Waals surface area contributed by atoms with Gasteiger partial charge >= 0.3 is 5.97 Å². The van der Waals surface area contributed by atoms with Gasteiger partial charge in [0, 0.05) is 5.75 Å².